The van der Waals surface area contributed by atoms with Crippen molar-refractivity contribution in [1.82, 2.24) is 16.0 Å². The zero-order chi connectivity index (χ0) is 46.6. The number of guanidine groups is 1. The van der Waals surface area contributed by atoms with E-state index in [9.17, 15) is 19.2 Å². The van der Waals surface area contributed by atoms with Crippen molar-refractivity contribution in [2.75, 3.05) is 32.9 Å². The number of nitrogens with zero attached hydrogens (tertiary/aromatic N) is 1. The fourth-order valence-corrected chi connectivity index (χ4v) is 7.30. The molecule has 0 saturated carbocycles. The zero-order valence-corrected chi connectivity index (χ0v) is 38.6. The van der Waals surface area contributed by atoms with Crippen LogP contribution in [0.15, 0.2) is 77.8 Å². The lowest BCUT2D eigenvalue weighted by atomic mass is 9.92. The topological polar surface area (TPSA) is 222 Å². The van der Waals surface area contributed by atoms with Crippen molar-refractivity contribution in [2.45, 2.75) is 111 Å². The lowest BCUT2D eigenvalue weighted by Gasteiger charge is -2.26. The summed E-state index contributed by atoms with van der Waals surface area (Å²) in [6.07, 6.45) is 3.79. The van der Waals surface area contributed by atoms with E-state index in [0.717, 1.165) is 39.1 Å². The Labute approximate surface area is 378 Å². The van der Waals surface area contributed by atoms with Crippen molar-refractivity contribution in [3.63, 3.8) is 0 Å². The normalized spacial score (nSPS) is 12.8. The number of benzene rings is 4. The van der Waals surface area contributed by atoms with Crippen molar-refractivity contribution in [3.8, 4) is 22.6 Å². The molecule has 0 aromatic heterocycles. The summed E-state index contributed by atoms with van der Waals surface area (Å²) < 4.78 is 18.4. The molecule has 4 aromatic carbocycles. The van der Waals surface area contributed by atoms with Gasteiger partial charge in [-0.3, -0.25) is 19.4 Å². The van der Waals surface area contributed by atoms with Gasteiger partial charge in [-0.05, 0) is 109 Å². The Morgan fingerprint density at radius 2 is 1.12 bits per heavy atom. The van der Waals surface area contributed by atoms with Crippen molar-refractivity contribution in [2.24, 2.45) is 39.9 Å². The number of aliphatic imine (C=N–C) groups is 1. The summed E-state index contributed by atoms with van der Waals surface area (Å²) in [7, 11) is 0. The molecule has 0 fully saturated rings. The molecular formula is C50H71N7O7. The Kier molecular flexibility index (Phi) is 20.6. The Hall–Kier alpha value is -5.89. The molecule has 3 amide bonds. The zero-order valence-electron chi connectivity index (χ0n) is 38.6. The summed E-state index contributed by atoms with van der Waals surface area (Å²) in [6, 6.07) is 20.9. The molecule has 4 aromatic rings. The maximum absolute atomic E-state index is 14.1. The summed E-state index contributed by atoms with van der Waals surface area (Å²) in [5, 5.41) is 12.5. The van der Waals surface area contributed by atoms with Crippen LogP contribution in [0.1, 0.15) is 92.9 Å². The fourth-order valence-electron chi connectivity index (χ4n) is 7.30. The van der Waals surface area contributed by atoms with Gasteiger partial charge in [0.05, 0.1) is 13.2 Å². The van der Waals surface area contributed by atoms with Crippen LogP contribution in [0.3, 0.4) is 0 Å². The van der Waals surface area contributed by atoms with E-state index in [1.165, 1.54) is 0 Å². The van der Waals surface area contributed by atoms with Gasteiger partial charge in [0.25, 0.3) is 5.91 Å². The van der Waals surface area contributed by atoms with Crippen LogP contribution < -0.4 is 42.6 Å². The summed E-state index contributed by atoms with van der Waals surface area (Å²) in [6.45, 7) is 13.2. The highest BCUT2D eigenvalue weighted by Crippen LogP contribution is 2.45. The van der Waals surface area contributed by atoms with E-state index in [-0.39, 0.29) is 37.9 Å². The average Bonchev–Trinajstić information content (AvgIpc) is 3.25. The lowest BCUT2D eigenvalue weighted by Crippen LogP contribution is -2.56. The first kappa shape index (κ1) is 50.8. The first-order valence-electron chi connectivity index (χ1n) is 22.8. The predicted octanol–water partition coefficient (Wildman–Crippen LogP) is 6.74. The van der Waals surface area contributed by atoms with Crippen LogP contribution in [0, 0.1) is 17.8 Å². The van der Waals surface area contributed by atoms with Gasteiger partial charge in [-0.15, -0.1) is 0 Å². The van der Waals surface area contributed by atoms with E-state index in [2.05, 4.69) is 46.9 Å². The number of carbonyl (C=O) groups excluding carboxylic acids is 4. The van der Waals surface area contributed by atoms with E-state index >= 15 is 0 Å². The second kappa shape index (κ2) is 26.0. The second-order valence-electron chi connectivity index (χ2n) is 17.6. The summed E-state index contributed by atoms with van der Waals surface area (Å²) >= 11 is 0. The second-order valence-corrected chi connectivity index (χ2v) is 17.6. The van der Waals surface area contributed by atoms with Crippen LogP contribution >= 0.6 is 0 Å². The van der Waals surface area contributed by atoms with Crippen molar-refractivity contribution in [3.05, 3.63) is 72.8 Å². The number of nitrogens with one attached hydrogen (secondary N) is 3. The predicted molar refractivity (Wildman–Crippen MR) is 256 cm³/mol. The molecule has 9 N–H and O–H groups in total. The van der Waals surface area contributed by atoms with Gasteiger partial charge < -0.3 is 47.4 Å². The maximum Gasteiger partial charge on any atom is 0.328 e. The van der Waals surface area contributed by atoms with Crippen LogP contribution in [0.4, 0.5) is 0 Å². The Bertz CT molecular complexity index is 2170. The summed E-state index contributed by atoms with van der Waals surface area (Å²) in [5.74, 6) is -0.281. The molecule has 0 spiro atoms. The highest BCUT2D eigenvalue weighted by molar-refractivity contribution is 6.10. The number of carbonyl (C=O) groups is 4. The number of fused-ring (bicyclic) bond motifs is 2. The van der Waals surface area contributed by atoms with Gasteiger partial charge in [-0.25, -0.2) is 4.79 Å². The highest BCUT2D eigenvalue weighted by Gasteiger charge is 2.31. The molecule has 0 bridgehead atoms. The van der Waals surface area contributed by atoms with Crippen LogP contribution in [0.25, 0.3) is 32.7 Å². The third kappa shape index (κ3) is 16.0. The summed E-state index contributed by atoms with van der Waals surface area (Å²) in [5.41, 5.74) is 18.5. The third-order valence-electron chi connectivity index (χ3n) is 10.8. The number of hydrogen-bond acceptors (Lipinski definition) is 9. The van der Waals surface area contributed by atoms with E-state index in [1.807, 2.05) is 88.4 Å². The highest BCUT2D eigenvalue weighted by atomic mass is 16.5. The largest absolute Gasteiger partial charge is 0.493 e. The smallest absolute Gasteiger partial charge is 0.328 e. The quantitative estimate of drug-likeness (QED) is 0.0160. The molecule has 0 aliphatic heterocycles. The Morgan fingerprint density at radius 1 is 0.594 bits per heavy atom. The molecule has 0 saturated heterocycles. The lowest BCUT2D eigenvalue weighted by molar-refractivity contribution is -0.149. The van der Waals surface area contributed by atoms with Gasteiger partial charge in [0, 0.05) is 17.7 Å². The SMILES string of the molecule is CC(C)CCOC(=O)[C@H](CC(C)C)NC(=O)[C@H](CCCN=C(N)N)NC(=O)[C@H](CCCCN)NC(=O)COc1ccc2ccccc2c1-c1c(OCCC(C)C)ccc2ccccc12. The number of amides is 3. The van der Waals surface area contributed by atoms with E-state index in [1.54, 1.807) is 0 Å². The number of unbranched alkanes of at least 4 members (excludes halogenated alkanes) is 1. The summed E-state index contributed by atoms with van der Waals surface area (Å²) in [4.78, 5) is 59.1. The average molecular weight is 882 g/mol. The molecular weight excluding hydrogens is 811 g/mol. The molecule has 14 nitrogen and oxygen atoms in total. The van der Waals surface area contributed by atoms with Crippen molar-refractivity contribution < 1.29 is 33.4 Å². The molecule has 4 rings (SSSR count). The van der Waals surface area contributed by atoms with Gasteiger partial charge in [-0.2, -0.15) is 0 Å². The van der Waals surface area contributed by atoms with Gasteiger partial charge in [0.15, 0.2) is 12.6 Å². The number of esters is 1. The standard InChI is InChI=1S/C50H71N7O7/c1-32(2)24-28-62-42-22-20-35-14-7-9-16-37(35)45(42)46-38-17-10-8-15-36(38)21-23-43(46)64-31-44(58)55-39(18-11-12-26-51)47(59)56-40(19-13-27-54-50(52)53)48(60)57-41(30-34(5)6)49(61)63-29-25-33(3)4/h7-10,14-17,20-23,32-34,39-41H,11-13,18-19,24-31,51H2,1-6H3,(H,55,58)(H,56,59)(H,57,60)(H4,52,53,54)/t39-,40-,41-/m0/s1. The number of hydrogen-bond donors (Lipinski definition) is 6. The van der Waals surface area contributed by atoms with E-state index < -0.39 is 48.4 Å². The molecule has 0 unspecified atom stereocenters. The number of ether oxygens (including phenoxy) is 3. The molecule has 0 heterocycles. The van der Waals surface area contributed by atoms with Gasteiger partial charge in [0.1, 0.15) is 29.6 Å². The van der Waals surface area contributed by atoms with E-state index in [0.29, 0.717) is 68.6 Å². The molecule has 14 heteroatoms. The van der Waals surface area contributed by atoms with Crippen LogP contribution in [-0.2, 0) is 23.9 Å². The first-order valence-corrected chi connectivity index (χ1v) is 22.8. The maximum atomic E-state index is 14.1. The monoisotopic (exact) mass is 882 g/mol. The van der Waals surface area contributed by atoms with Crippen LogP contribution in [-0.4, -0.2) is 80.7 Å². The third-order valence-corrected chi connectivity index (χ3v) is 10.8. The Balaban J connectivity index is 1.60. The van der Waals surface area contributed by atoms with Crippen LogP contribution in [0.2, 0.25) is 0 Å². The van der Waals surface area contributed by atoms with Gasteiger partial charge in [0.2, 0.25) is 11.8 Å². The number of nitrogens with two attached hydrogens (primary N) is 3. The van der Waals surface area contributed by atoms with Crippen molar-refractivity contribution >= 4 is 51.2 Å². The first-order chi connectivity index (χ1) is 30.7. The molecule has 0 radical (unpaired) electrons. The molecule has 0 aliphatic carbocycles. The fraction of sp³-hybridized carbons (Fsp3) is 0.500. The minimum absolute atomic E-state index is 0.0602. The van der Waals surface area contributed by atoms with E-state index in [4.69, 9.17) is 31.4 Å². The molecule has 0 aliphatic rings. The van der Waals surface area contributed by atoms with Crippen LogP contribution in [0.5, 0.6) is 11.5 Å². The minimum Gasteiger partial charge on any atom is -0.493 e. The van der Waals surface area contributed by atoms with Crippen molar-refractivity contribution in [1.29, 1.82) is 0 Å². The number of rotatable bonds is 27. The molecule has 64 heavy (non-hydrogen) atoms. The van der Waals surface area contributed by atoms with Gasteiger partial charge in [-0.1, -0.05) is 102 Å². The minimum atomic E-state index is -1.08. The van der Waals surface area contributed by atoms with Gasteiger partial charge >= 0.3 is 5.97 Å². The molecule has 348 valence electrons. The molecule has 3 atom stereocenters. The Morgan fingerprint density at radius 3 is 1.69 bits per heavy atom.